The molecule has 0 bridgehead atoms. The average Bonchev–Trinajstić information content (AvgIpc) is 3.24. The molecule has 1 aliphatic rings. The molecule has 0 radical (unpaired) electrons. The molecule has 0 fully saturated rings. The largest absolute Gasteiger partial charge is 0.464 e. The maximum Gasteiger partial charge on any atom is 0.144 e. The van der Waals surface area contributed by atoms with E-state index in [1.165, 1.54) is 16.8 Å². The highest BCUT2D eigenvalue weighted by atomic mass is 19.1. The van der Waals surface area contributed by atoms with Crippen LogP contribution in [0.15, 0.2) is 89.7 Å². The summed E-state index contributed by atoms with van der Waals surface area (Å²) in [5.74, 6) is 0.168. The SMILES string of the molecule is Fc1ccc(C2=CCCN(CCC(Cc3ccccc3)c3ccccn3)CC2)c2occc12. The Kier molecular flexibility index (Phi) is 6.63. The summed E-state index contributed by atoms with van der Waals surface area (Å²) in [5.41, 5.74) is 5.46. The number of aromatic nitrogens is 1. The van der Waals surface area contributed by atoms with Crippen LogP contribution in [0.2, 0.25) is 0 Å². The van der Waals surface area contributed by atoms with E-state index in [1.54, 1.807) is 18.4 Å². The number of fused-ring (bicyclic) bond motifs is 1. The van der Waals surface area contributed by atoms with Gasteiger partial charge in [0.2, 0.25) is 0 Å². The van der Waals surface area contributed by atoms with Gasteiger partial charge in [-0.1, -0.05) is 42.5 Å². The maximum atomic E-state index is 14.1. The van der Waals surface area contributed by atoms with Gasteiger partial charge in [0.15, 0.2) is 0 Å². The highest BCUT2D eigenvalue weighted by Crippen LogP contribution is 2.32. The number of benzene rings is 2. The lowest BCUT2D eigenvalue weighted by molar-refractivity contribution is 0.276. The molecule has 3 heterocycles. The van der Waals surface area contributed by atoms with Gasteiger partial charge in [0.1, 0.15) is 11.4 Å². The fraction of sp³-hybridized carbons (Fsp3) is 0.276. The Bertz CT molecular complexity index is 1220. The summed E-state index contributed by atoms with van der Waals surface area (Å²) in [6, 6.07) is 22.0. The summed E-state index contributed by atoms with van der Waals surface area (Å²) in [6.07, 6.45) is 9.77. The molecule has 5 rings (SSSR count). The van der Waals surface area contributed by atoms with Crippen LogP contribution in [0.3, 0.4) is 0 Å². The predicted octanol–water partition coefficient (Wildman–Crippen LogP) is 6.86. The first-order chi connectivity index (χ1) is 16.3. The van der Waals surface area contributed by atoms with Gasteiger partial charge in [0, 0.05) is 36.5 Å². The van der Waals surface area contributed by atoms with Crippen LogP contribution in [0.25, 0.3) is 16.5 Å². The van der Waals surface area contributed by atoms with Crippen molar-refractivity contribution in [2.75, 3.05) is 19.6 Å². The number of rotatable bonds is 7. The van der Waals surface area contributed by atoms with Gasteiger partial charge < -0.3 is 9.32 Å². The summed E-state index contributed by atoms with van der Waals surface area (Å²) in [6.45, 7) is 3.06. The summed E-state index contributed by atoms with van der Waals surface area (Å²) in [5, 5.41) is 0.564. The van der Waals surface area contributed by atoms with Gasteiger partial charge in [0.05, 0.1) is 11.6 Å². The molecule has 4 aromatic rings. The second kappa shape index (κ2) is 10.1. The lowest BCUT2D eigenvalue weighted by Gasteiger charge is -2.24. The molecule has 1 aliphatic heterocycles. The van der Waals surface area contributed by atoms with E-state index in [4.69, 9.17) is 4.42 Å². The first-order valence-electron chi connectivity index (χ1n) is 11.8. The third-order valence-corrected chi connectivity index (χ3v) is 6.67. The normalized spacial score (nSPS) is 15.8. The van der Waals surface area contributed by atoms with Gasteiger partial charge in [-0.2, -0.15) is 0 Å². The number of pyridine rings is 1. The van der Waals surface area contributed by atoms with Crippen LogP contribution in [-0.4, -0.2) is 29.5 Å². The first kappa shape index (κ1) is 21.6. The van der Waals surface area contributed by atoms with Crippen molar-refractivity contribution < 1.29 is 8.81 Å². The van der Waals surface area contributed by atoms with E-state index in [-0.39, 0.29) is 5.82 Å². The molecule has 168 valence electrons. The standard InChI is InChI=1S/C29H29FN2O/c30-27-12-11-25(29-26(27)15-20-33-29)23-9-6-17-32(18-13-23)19-14-24(28-10-4-5-16-31-28)21-22-7-2-1-3-8-22/h1-5,7-12,15-16,20,24H,6,13-14,17-19,21H2. The third kappa shape index (κ3) is 5.07. The van der Waals surface area contributed by atoms with E-state index >= 15 is 0 Å². The van der Waals surface area contributed by atoms with Crippen LogP contribution in [0, 0.1) is 5.82 Å². The molecule has 4 heteroatoms. The van der Waals surface area contributed by atoms with Gasteiger partial charge in [-0.15, -0.1) is 0 Å². The van der Waals surface area contributed by atoms with Crippen molar-refractivity contribution in [3.8, 4) is 0 Å². The Balaban J connectivity index is 1.25. The molecule has 0 saturated carbocycles. The maximum absolute atomic E-state index is 14.1. The van der Waals surface area contributed by atoms with E-state index in [0.717, 1.165) is 50.9 Å². The van der Waals surface area contributed by atoms with Gasteiger partial charge in [-0.3, -0.25) is 4.98 Å². The summed E-state index contributed by atoms with van der Waals surface area (Å²) in [7, 11) is 0. The summed E-state index contributed by atoms with van der Waals surface area (Å²) in [4.78, 5) is 7.22. The first-order valence-corrected chi connectivity index (χ1v) is 11.8. The molecule has 0 aliphatic carbocycles. The van der Waals surface area contributed by atoms with Crippen molar-refractivity contribution in [2.45, 2.75) is 31.6 Å². The van der Waals surface area contributed by atoms with Crippen molar-refractivity contribution in [2.24, 2.45) is 0 Å². The van der Waals surface area contributed by atoms with E-state index in [9.17, 15) is 4.39 Å². The van der Waals surface area contributed by atoms with Gasteiger partial charge in [-0.25, -0.2) is 4.39 Å². The topological polar surface area (TPSA) is 29.3 Å². The Morgan fingerprint density at radius 1 is 0.970 bits per heavy atom. The zero-order valence-corrected chi connectivity index (χ0v) is 18.8. The van der Waals surface area contributed by atoms with Crippen LogP contribution < -0.4 is 0 Å². The zero-order chi connectivity index (χ0) is 22.5. The number of hydrogen-bond acceptors (Lipinski definition) is 3. The van der Waals surface area contributed by atoms with Crippen molar-refractivity contribution >= 4 is 16.5 Å². The molecule has 2 aromatic carbocycles. The van der Waals surface area contributed by atoms with Crippen molar-refractivity contribution in [3.63, 3.8) is 0 Å². The van der Waals surface area contributed by atoms with Crippen LogP contribution in [-0.2, 0) is 6.42 Å². The molecule has 0 saturated heterocycles. The quantitative estimate of drug-likeness (QED) is 0.314. The molecule has 33 heavy (non-hydrogen) atoms. The highest BCUT2D eigenvalue weighted by molar-refractivity contribution is 5.90. The zero-order valence-electron chi connectivity index (χ0n) is 18.8. The fourth-order valence-electron chi connectivity index (χ4n) is 4.87. The minimum absolute atomic E-state index is 0.225. The molecule has 0 amide bonds. The fourth-order valence-corrected chi connectivity index (χ4v) is 4.87. The van der Waals surface area contributed by atoms with E-state index in [1.807, 2.05) is 18.3 Å². The number of nitrogens with zero attached hydrogens (tertiary/aromatic N) is 2. The second-order valence-corrected chi connectivity index (χ2v) is 8.80. The van der Waals surface area contributed by atoms with E-state index in [2.05, 4.69) is 58.4 Å². The molecular formula is C29H29FN2O. The van der Waals surface area contributed by atoms with Crippen LogP contribution in [0.5, 0.6) is 0 Å². The minimum Gasteiger partial charge on any atom is -0.464 e. The Morgan fingerprint density at radius 3 is 2.70 bits per heavy atom. The number of furan rings is 1. The lowest BCUT2D eigenvalue weighted by atomic mass is 9.92. The smallest absolute Gasteiger partial charge is 0.144 e. The Morgan fingerprint density at radius 2 is 1.85 bits per heavy atom. The molecular weight excluding hydrogens is 411 g/mol. The van der Waals surface area contributed by atoms with E-state index in [0.29, 0.717) is 16.9 Å². The minimum atomic E-state index is -0.225. The van der Waals surface area contributed by atoms with Gasteiger partial charge in [-0.05, 0) is 73.7 Å². The van der Waals surface area contributed by atoms with Gasteiger partial charge in [0.25, 0.3) is 0 Å². The van der Waals surface area contributed by atoms with Crippen LogP contribution >= 0.6 is 0 Å². The lowest BCUT2D eigenvalue weighted by Crippen LogP contribution is -2.27. The molecule has 1 unspecified atom stereocenters. The van der Waals surface area contributed by atoms with Gasteiger partial charge >= 0.3 is 0 Å². The molecule has 0 spiro atoms. The van der Waals surface area contributed by atoms with Crippen molar-refractivity contribution in [1.29, 1.82) is 0 Å². The van der Waals surface area contributed by atoms with Crippen molar-refractivity contribution in [3.05, 3.63) is 108 Å². The highest BCUT2D eigenvalue weighted by Gasteiger charge is 2.19. The monoisotopic (exact) mass is 440 g/mol. The molecule has 2 aromatic heterocycles. The summed E-state index contributed by atoms with van der Waals surface area (Å²) >= 11 is 0. The third-order valence-electron chi connectivity index (χ3n) is 6.67. The number of hydrogen-bond donors (Lipinski definition) is 0. The predicted molar refractivity (Wildman–Crippen MR) is 132 cm³/mol. The molecule has 3 nitrogen and oxygen atoms in total. The van der Waals surface area contributed by atoms with E-state index < -0.39 is 0 Å². The molecule has 1 atom stereocenters. The molecule has 0 N–H and O–H groups in total. The summed E-state index contributed by atoms with van der Waals surface area (Å²) < 4.78 is 19.7. The van der Waals surface area contributed by atoms with Crippen LogP contribution in [0.1, 0.15) is 42.0 Å². The Labute approximate surface area is 194 Å². The second-order valence-electron chi connectivity index (χ2n) is 8.80. The number of halogens is 1. The van der Waals surface area contributed by atoms with Crippen LogP contribution in [0.4, 0.5) is 4.39 Å². The average molecular weight is 441 g/mol. The Hall–Kier alpha value is -3.24. The van der Waals surface area contributed by atoms with Crippen molar-refractivity contribution in [1.82, 2.24) is 9.88 Å².